The molecule has 0 saturated heterocycles. The average Bonchev–Trinajstić information content (AvgIpc) is 2.79. The molecular formula is C27H23FN2O. The summed E-state index contributed by atoms with van der Waals surface area (Å²) < 4.78 is 14.5. The van der Waals surface area contributed by atoms with E-state index >= 15 is 0 Å². The van der Waals surface area contributed by atoms with Crippen LogP contribution in [0.5, 0.6) is 0 Å². The van der Waals surface area contributed by atoms with Gasteiger partial charge in [-0.25, -0.2) is 4.39 Å². The van der Waals surface area contributed by atoms with Crippen LogP contribution in [-0.2, 0) is 6.54 Å². The number of benzene rings is 3. The number of carbonyl (C=O) groups is 1. The predicted molar refractivity (Wildman–Crippen MR) is 122 cm³/mol. The molecule has 0 fully saturated rings. The van der Waals surface area contributed by atoms with Crippen molar-refractivity contribution in [3.05, 3.63) is 113 Å². The second-order valence-electron chi connectivity index (χ2n) is 7.64. The number of nitrogens with one attached hydrogen (secondary N) is 1. The molecule has 0 saturated carbocycles. The molecule has 1 amide bonds. The largest absolute Gasteiger partial charge is 0.348 e. The zero-order chi connectivity index (χ0) is 21.8. The summed E-state index contributed by atoms with van der Waals surface area (Å²) in [5, 5.41) is 2.94. The molecule has 4 aromatic rings. The fraction of sp³-hybridized carbons (Fsp3) is 0.111. The summed E-state index contributed by atoms with van der Waals surface area (Å²) in [5.74, 6) is -0.534. The van der Waals surface area contributed by atoms with Gasteiger partial charge in [0.15, 0.2) is 0 Å². The Bertz CT molecular complexity index is 1210. The third-order valence-corrected chi connectivity index (χ3v) is 5.19. The van der Waals surface area contributed by atoms with Crippen LogP contribution in [0.4, 0.5) is 4.39 Å². The van der Waals surface area contributed by atoms with E-state index in [-0.39, 0.29) is 11.7 Å². The summed E-state index contributed by atoms with van der Waals surface area (Å²) in [6, 6.07) is 24.0. The highest BCUT2D eigenvalue weighted by atomic mass is 19.1. The fourth-order valence-corrected chi connectivity index (χ4v) is 3.41. The minimum atomic E-state index is -0.319. The molecule has 0 radical (unpaired) electrons. The number of aryl methyl sites for hydroxylation is 2. The van der Waals surface area contributed by atoms with Crippen LogP contribution >= 0.6 is 0 Å². The molecule has 3 aromatic carbocycles. The molecule has 31 heavy (non-hydrogen) atoms. The number of carbonyl (C=O) groups excluding carboxylic acids is 1. The van der Waals surface area contributed by atoms with E-state index in [2.05, 4.69) is 10.3 Å². The number of hydrogen-bond acceptors (Lipinski definition) is 2. The molecule has 0 bridgehead atoms. The van der Waals surface area contributed by atoms with Gasteiger partial charge in [0.25, 0.3) is 5.91 Å². The first-order chi connectivity index (χ1) is 15.0. The molecule has 1 heterocycles. The maximum Gasteiger partial charge on any atom is 0.251 e. The van der Waals surface area contributed by atoms with Crippen molar-refractivity contribution in [1.82, 2.24) is 10.3 Å². The molecule has 0 aliphatic carbocycles. The quantitative estimate of drug-likeness (QED) is 0.432. The van der Waals surface area contributed by atoms with Gasteiger partial charge in [0.1, 0.15) is 5.82 Å². The zero-order valence-corrected chi connectivity index (χ0v) is 17.5. The Labute approximate surface area is 181 Å². The van der Waals surface area contributed by atoms with Gasteiger partial charge in [-0.15, -0.1) is 0 Å². The van der Waals surface area contributed by atoms with Crippen molar-refractivity contribution in [3.8, 4) is 22.3 Å². The van der Waals surface area contributed by atoms with Gasteiger partial charge >= 0.3 is 0 Å². The van der Waals surface area contributed by atoms with E-state index in [1.807, 2.05) is 62.4 Å². The van der Waals surface area contributed by atoms with Crippen molar-refractivity contribution in [1.29, 1.82) is 0 Å². The number of pyridine rings is 1. The molecular weight excluding hydrogens is 387 g/mol. The van der Waals surface area contributed by atoms with Crippen LogP contribution in [0.2, 0.25) is 0 Å². The van der Waals surface area contributed by atoms with E-state index in [0.717, 1.165) is 27.9 Å². The molecule has 0 aliphatic rings. The van der Waals surface area contributed by atoms with Gasteiger partial charge < -0.3 is 5.32 Å². The second-order valence-corrected chi connectivity index (χ2v) is 7.64. The number of nitrogens with zero attached hydrogens (tertiary/aromatic N) is 1. The van der Waals surface area contributed by atoms with E-state index in [9.17, 15) is 9.18 Å². The third kappa shape index (κ3) is 4.86. The SMILES string of the molecule is Cc1ccc(-c2cc(C(=O)NCc3ccc(C)nc3)cc(-c3ccccc3F)c2)cc1. The Balaban J connectivity index is 1.70. The lowest BCUT2D eigenvalue weighted by Crippen LogP contribution is -2.23. The number of halogens is 1. The molecule has 0 spiro atoms. The summed E-state index contributed by atoms with van der Waals surface area (Å²) in [7, 11) is 0. The Morgan fingerprint density at radius 2 is 1.61 bits per heavy atom. The molecule has 0 aliphatic heterocycles. The predicted octanol–water partition coefficient (Wildman–Crippen LogP) is 6.10. The monoisotopic (exact) mass is 410 g/mol. The van der Waals surface area contributed by atoms with E-state index in [1.165, 1.54) is 6.07 Å². The average molecular weight is 410 g/mol. The Kier molecular flexibility index (Phi) is 5.89. The molecule has 4 rings (SSSR count). The fourth-order valence-electron chi connectivity index (χ4n) is 3.41. The molecule has 0 atom stereocenters. The topological polar surface area (TPSA) is 42.0 Å². The van der Waals surface area contributed by atoms with Gasteiger partial charge in [-0.3, -0.25) is 9.78 Å². The van der Waals surface area contributed by atoms with Gasteiger partial charge in [-0.05, 0) is 66.4 Å². The minimum Gasteiger partial charge on any atom is -0.348 e. The van der Waals surface area contributed by atoms with Crippen molar-refractivity contribution < 1.29 is 9.18 Å². The highest BCUT2D eigenvalue weighted by molar-refractivity contribution is 5.97. The smallest absolute Gasteiger partial charge is 0.251 e. The number of aromatic nitrogens is 1. The molecule has 154 valence electrons. The Hall–Kier alpha value is -3.79. The normalized spacial score (nSPS) is 10.7. The summed E-state index contributed by atoms with van der Waals surface area (Å²) in [6.07, 6.45) is 1.75. The first-order valence-electron chi connectivity index (χ1n) is 10.2. The van der Waals surface area contributed by atoms with Gasteiger partial charge in [0.2, 0.25) is 0 Å². The standard InChI is InChI=1S/C27H23FN2O/c1-18-7-11-21(12-8-18)22-13-23(25-5-3-4-6-26(25)28)15-24(14-22)27(31)30-17-20-10-9-19(2)29-16-20/h3-16H,17H2,1-2H3,(H,30,31). The van der Waals surface area contributed by atoms with E-state index in [1.54, 1.807) is 30.5 Å². The summed E-state index contributed by atoms with van der Waals surface area (Å²) in [4.78, 5) is 17.2. The van der Waals surface area contributed by atoms with Crippen molar-refractivity contribution in [2.75, 3.05) is 0 Å². The Morgan fingerprint density at radius 1 is 0.871 bits per heavy atom. The lowest BCUT2D eigenvalue weighted by Gasteiger charge is -2.12. The first kappa shape index (κ1) is 20.5. The number of rotatable bonds is 5. The lowest BCUT2D eigenvalue weighted by molar-refractivity contribution is 0.0951. The van der Waals surface area contributed by atoms with Crippen molar-refractivity contribution >= 4 is 5.91 Å². The van der Waals surface area contributed by atoms with Crippen molar-refractivity contribution in [2.45, 2.75) is 20.4 Å². The summed E-state index contributed by atoms with van der Waals surface area (Å²) in [5.41, 5.74) is 6.45. The van der Waals surface area contributed by atoms with E-state index in [4.69, 9.17) is 0 Å². The van der Waals surface area contributed by atoms with Crippen molar-refractivity contribution in [2.24, 2.45) is 0 Å². The second kappa shape index (κ2) is 8.92. The zero-order valence-electron chi connectivity index (χ0n) is 17.5. The van der Waals surface area contributed by atoms with Crippen LogP contribution in [0.3, 0.4) is 0 Å². The van der Waals surface area contributed by atoms with Crippen LogP contribution in [0, 0.1) is 19.7 Å². The van der Waals surface area contributed by atoms with Gasteiger partial charge in [0, 0.05) is 29.6 Å². The van der Waals surface area contributed by atoms with Crippen molar-refractivity contribution in [3.63, 3.8) is 0 Å². The highest BCUT2D eigenvalue weighted by Crippen LogP contribution is 2.30. The highest BCUT2D eigenvalue weighted by Gasteiger charge is 2.13. The van der Waals surface area contributed by atoms with E-state index in [0.29, 0.717) is 23.2 Å². The molecule has 0 unspecified atom stereocenters. The summed E-state index contributed by atoms with van der Waals surface area (Å²) >= 11 is 0. The van der Waals surface area contributed by atoms with Crippen LogP contribution in [0.1, 0.15) is 27.2 Å². The maximum atomic E-state index is 14.5. The maximum absolute atomic E-state index is 14.5. The molecule has 1 aromatic heterocycles. The minimum absolute atomic E-state index is 0.216. The number of amides is 1. The van der Waals surface area contributed by atoms with Gasteiger partial charge in [0.05, 0.1) is 0 Å². The summed E-state index contributed by atoms with van der Waals surface area (Å²) in [6.45, 7) is 4.32. The van der Waals surface area contributed by atoms with Crippen LogP contribution in [0.25, 0.3) is 22.3 Å². The van der Waals surface area contributed by atoms with Crippen LogP contribution in [0.15, 0.2) is 85.1 Å². The Morgan fingerprint density at radius 3 is 2.32 bits per heavy atom. The van der Waals surface area contributed by atoms with E-state index < -0.39 is 0 Å². The molecule has 4 heteroatoms. The van der Waals surface area contributed by atoms with Gasteiger partial charge in [-0.2, -0.15) is 0 Å². The first-order valence-corrected chi connectivity index (χ1v) is 10.2. The van der Waals surface area contributed by atoms with Crippen LogP contribution in [-0.4, -0.2) is 10.9 Å². The molecule has 3 nitrogen and oxygen atoms in total. The van der Waals surface area contributed by atoms with Gasteiger partial charge in [-0.1, -0.05) is 54.1 Å². The lowest BCUT2D eigenvalue weighted by atomic mass is 9.95. The number of hydrogen-bond donors (Lipinski definition) is 1. The van der Waals surface area contributed by atoms with Crippen LogP contribution < -0.4 is 5.32 Å². The molecule has 1 N–H and O–H groups in total. The third-order valence-electron chi connectivity index (χ3n) is 5.19.